The lowest BCUT2D eigenvalue weighted by Crippen LogP contribution is -2.25. The second kappa shape index (κ2) is 9.37. The third kappa shape index (κ3) is 5.23. The summed E-state index contributed by atoms with van der Waals surface area (Å²) >= 11 is 5.94. The Kier molecular flexibility index (Phi) is 6.85. The first-order valence-corrected chi connectivity index (χ1v) is 10.1. The molecule has 156 valence electrons. The van der Waals surface area contributed by atoms with Crippen molar-refractivity contribution in [2.45, 2.75) is 33.7 Å². The summed E-state index contributed by atoms with van der Waals surface area (Å²) in [5.41, 5.74) is 7.14. The van der Waals surface area contributed by atoms with E-state index in [0.29, 0.717) is 22.8 Å². The molecule has 1 aliphatic carbocycles. The first kappa shape index (κ1) is 21.9. The maximum Gasteiger partial charge on any atom is 0.125 e. The second-order valence-corrected chi connectivity index (χ2v) is 8.11. The van der Waals surface area contributed by atoms with E-state index in [1.165, 1.54) is 33.9 Å². The Balaban J connectivity index is 1.88. The monoisotopic (exact) mass is 424 g/mol. The fourth-order valence-corrected chi connectivity index (χ4v) is 4.01. The summed E-state index contributed by atoms with van der Waals surface area (Å²) < 4.78 is 13.6. The van der Waals surface area contributed by atoms with Crippen molar-refractivity contribution in [2.24, 2.45) is 16.8 Å². The van der Waals surface area contributed by atoms with E-state index in [1.54, 1.807) is 12.3 Å². The van der Waals surface area contributed by atoms with E-state index in [4.69, 9.17) is 17.4 Å². The summed E-state index contributed by atoms with van der Waals surface area (Å²) in [5.74, 6) is 6.01. The van der Waals surface area contributed by atoms with Gasteiger partial charge in [0.25, 0.3) is 0 Å². The summed E-state index contributed by atoms with van der Waals surface area (Å²) in [6, 6.07) is 8.53. The van der Waals surface area contributed by atoms with Gasteiger partial charge in [0.1, 0.15) is 5.82 Å². The predicted octanol–water partition coefficient (Wildman–Crippen LogP) is 5.84. The van der Waals surface area contributed by atoms with Gasteiger partial charge in [0.2, 0.25) is 0 Å². The third-order valence-corrected chi connectivity index (χ3v) is 5.39. The minimum absolute atomic E-state index is 0.242. The predicted molar refractivity (Wildman–Crippen MR) is 122 cm³/mol. The first-order chi connectivity index (χ1) is 14.3. The molecular weight excluding hydrogens is 399 g/mol. The van der Waals surface area contributed by atoms with Crippen LogP contribution in [0.15, 0.2) is 70.6 Å². The van der Waals surface area contributed by atoms with Crippen molar-refractivity contribution in [3.8, 4) is 0 Å². The van der Waals surface area contributed by atoms with Crippen LogP contribution in [0.2, 0.25) is 5.02 Å². The van der Waals surface area contributed by atoms with E-state index < -0.39 is 0 Å². The van der Waals surface area contributed by atoms with Gasteiger partial charge in [-0.2, -0.15) is 0 Å². The molecule has 3 rings (SSSR count). The summed E-state index contributed by atoms with van der Waals surface area (Å²) in [4.78, 5) is 8.51. The van der Waals surface area contributed by atoms with Crippen molar-refractivity contribution in [2.75, 3.05) is 0 Å². The average Bonchev–Trinajstić information content (AvgIpc) is 2.67. The van der Waals surface area contributed by atoms with Crippen molar-refractivity contribution < 1.29 is 4.39 Å². The van der Waals surface area contributed by atoms with E-state index in [1.807, 2.05) is 19.2 Å². The number of hydrogen-bond acceptors (Lipinski definition) is 4. The molecule has 6 heteroatoms. The molecule has 2 aromatic rings. The molecule has 0 spiro atoms. The lowest BCUT2D eigenvalue weighted by atomic mass is 9.81. The maximum atomic E-state index is 13.6. The molecule has 30 heavy (non-hydrogen) atoms. The highest BCUT2D eigenvalue weighted by Crippen LogP contribution is 2.38. The van der Waals surface area contributed by atoms with Gasteiger partial charge in [0.15, 0.2) is 0 Å². The first-order valence-electron chi connectivity index (χ1n) is 9.76. The lowest BCUT2D eigenvalue weighted by molar-refractivity contribution is 0.382. The minimum Gasteiger partial charge on any atom is -0.312 e. The van der Waals surface area contributed by atoms with Gasteiger partial charge in [0.05, 0.1) is 12.2 Å². The normalized spacial score (nSPS) is 17.1. The number of allylic oxidation sites excluding steroid dienone is 4. The average molecular weight is 425 g/mol. The molecule has 1 aromatic heterocycles. The topological polar surface area (TPSA) is 54.5 Å². The van der Waals surface area contributed by atoms with Gasteiger partial charge in [0, 0.05) is 23.1 Å². The van der Waals surface area contributed by atoms with Crippen LogP contribution in [0.4, 0.5) is 4.39 Å². The van der Waals surface area contributed by atoms with Crippen molar-refractivity contribution >= 4 is 23.9 Å². The highest BCUT2D eigenvalue weighted by molar-refractivity contribution is 6.30. The molecule has 1 heterocycles. The van der Waals surface area contributed by atoms with Gasteiger partial charge in [-0.15, -0.1) is 0 Å². The van der Waals surface area contributed by atoms with Crippen LogP contribution in [-0.4, -0.2) is 16.7 Å². The second-order valence-electron chi connectivity index (χ2n) is 7.67. The molecule has 1 aromatic carbocycles. The Hall–Kier alpha value is -2.76. The molecule has 0 radical (unpaired) electrons. The highest BCUT2D eigenvalue weighted by atomic mass is 35.5. The minimum atomic E-state index is -0.389. The summed E-state index contributed by atoms with van der Waals surface area (Å²) in [6.07, 6.45) is 6.62. The number of halogens is 2. The Morgan fingerprint density at radius 3 is 2.80 bits per heavy atom. The zero-order valence-electron chi connectivity index (χ0n) is 17.5. The number of aliphatic imine (C=N–C) groups is 1. The molecule has 1 atom stereocenters. The summed E-state index contributed by atoms with van der Waals surface area (Å²) in [6.45, 7) is 10.3. The molecule has 0 saturated carbocycles. The standard InChI is InChI=1S/C24H26ClFN4/c1-15-8-23(16(2)7-22(15)19-5-6-29-17(3)9-19)24(28-4)14-30(27)13-18-10-20(25)12-21(26)11-18/h5-6,8-12,14,16H,4,7,13,27H2,1-3H3. The van der Waals surface area contributed by atoms with Gasteiger partial charge in [-0.25, -0.2) is 10.2 Å². The maximum absolute atomic E-state index is 13.6. The molecule has 0 amide bonds. The molecule has 0 saturated heterocycles. The van der Waals surface area contributed by atoms with Gasteiger partial charge in [-0.1, -0.05) is 24.6 Å². The van der Waals surface area contributed by atoms with Crippen LogP contribution in [0.1, 0.15) is 37.1 Å². The number of aromatic nitrogens is 1. The Bertz CT molecular complexity index is 1030. The number of rotatable bonds is 6. The fraction of sp³-hybridized carbons (Fsp3) is 0.250. The smallest absolute Gasteiger partial charge is 0.125 e. The quantitative estimate of drug-likeness (QED) is 0.360. The number of hydrogen-bond donors (Lipinski definition) is 1. The number of nitrogens with two attached hydrogens (primary N) is 1. The van der Waals surface area contributed by atoms with Gasteiger partial charge >= 0.3 is 0 Å². The van der Waals surface area contributed by atoms with E-state index in [-0.39, 0.29) is 11.7 Å². The summed E-state index contributed by atoms with van der Waals surface area (Å²) in [5, 5.41) is 1.82. The highest BCUT2D eigenvalue weighted by Gasteiger charge is 2.22. The van der Waals surface area contributed by atoms with Crippen LogP contribution in [0.3, 0.4) is 0 Å². The van der Waals surface area contributed by atoms with Gasteiger partial charge in [-0.3, -0.25) is 9.98 Å². The van der Waals surface area contributed by atoms with Crippen LogP contribution in [0, 0.1) is 18.7 Å². The molecule has 4 nitrogen and oxygen atoms in total. The number of nitrogens with zero attached hydrogens (tertiary/aromatic N) is 3. The van der Waals surface area contributed by atoms with Crippen molar-refractivity contribution in [1.29, 1.82) is 0 Å². The molecule has 2 N–H and O–H groups in total. The van der Waals surface area contributed by atoms with Gasteiger partial charge in [-0.05, 0) is 91.1 Å². The molecular formula is C24H26ClFN4. The van der Waals surface area contributed by atoms with Crippen LogP contribution in [0.25, 0.3) is 5.57 Å². The number of benzene rings is 1. The zero-order valence-corrected chi connectivity index (χ0v) is 18.2. The Morgan fingerprint density at radius 1 is 1.37 bits per heavy atom. The van der Waals surface area contributed by atoms with Crippen LogP contribution >= 0.6 is 11.6 Å². The molecule has 1 aliphatic rings. The molecule has 0 aliphatic heterocycles. The summed E-state index contributed by atoms with van der Waals surface area (Å²) in [7, 11) is 0. The SMILES string of the molecule is C=NC(=CN(N)Cc1cc(F)cc(Cl)c1)C1=CC(C)=C(c2ccnc(C)c2)CC1C. The van der Waals surface area contributed by atoms with Crippen molar-refractivity contribution in [3.63, 3.8) is 0 Å². The Morgan fingerprint density at radius 2 is 2.13 bits per heavy atom. The van der Waals surface area contributed by atoms with Crippen LogP contribution < -0.4 is 5.84 Å². The molecule has 0 fully saturated rings. The lowest BCUT2D eigenvalue weighted by Gasteiger charge is -2.26. The molecule has 1 unspecified atom stereocenters. The van der Waals surface area contributed by atoms with E-state index in [9.17, 15) is 4.39 Å². The van der Waals surface area contributed by atoms with Crippen LogP contribution in [-0.2, 0) is 6.54 Å². The van der Waals surface area contributed by atoms with Crippen LogP contribution in [0.5, 0.6) is 0 Å². The Labute approximate surface area is 182 Å². The van der Waals surface area contributed by atoms with Crippen molar-refractivity contribution in [1.82, 2.24) is 9.99 Å². The van der Waals surface area contributed by atoms with Gasteiger partial charge < -0.3 is 5.01 Å². The van der Waals surface area contributed by atoms with E-state index in [2.05, 4.69) is 42.7 Å². The number of aryl methyl sites for hydroxylation is 1. The van der Waals surface area contributed by atoms with Crippen molar-refractivity contribution in [3.05, 3.63) is 93.3 Å². The number of pyridine rings is 1. The molecule has 0 bridgehead atoms. The zero-order chi connectivity index (χ0) is 21.8. The van der Waals surface area contributed by atoms with E-state index >= 15 is 0 Å². The van der Waals surface area contributed by atoms with E-state index in [0.717, 1.165) is 17.7 Å². The fourth-order valence-electron chi connectivity index (χ4n) is 3.77. The number of hydrazine groups is 1. The largest absolute Gasteiger partial charge is 0.312 e. The third-order valence-electron chi connectivity index (χ3n) is 5.18.